The minimum Gasteiger partial charge on any atom is -0.324 e. The molecule has 0 saturated heterocycles. The summed E-state index contributed by atoms with van der Waals surface area (Å²) in [6.07, 6.45) is 3.16. The van der Waals surface area contributed by atoms with Gasteiger partial charge in [0.05, 0.1) is 0 Å². The first kappa shape index (κ1) is 16.4. The van der Waals surface area contributed by atoms with Crippen molar-refractivity contribution < 1.29 is 18.0 Å². The average Bonchev–Trinajstić information content (AvgIpc) is 2.56. The third kappa shape index (κ3) is 3.92. The van der Waals surface area contributed by atoms with Crippen LogP contribution in [-0.2, 0) is 0 Å². The third-order valence-electron chi connectivity index (χ3n) is 3.20. The molecule has 0 aliphatic heterocycles. The molecule has 5 nitrogen and oxygen atoms in total. The highest BCUT2D eigenvalue weighted by Crippen LogP contribution is 2.19. The first-order valence-corrected chi connectivity index (χ1v) is 7.13. The number of aromatic nitrogens is 2. The van der Waals surface area contributed by atoms with Gasteiger partial charge in [-0.25, -0.2) is 23.1 Å². The standard InChI is InChI=1S/C17H11F3N4O/c18-10-8-13(19)15(14(20)9-10)16(25)23-11-2-4-12(5-3-11)24-17-21-6-1-7-22-17/h1-9H,(H,23,25)(H,21,22,24). The van der Waals surface area contributed by atoms with E-state index in [2.05, 4.69) is 20.6 Å². The topological polar surface area (TPSA) is 66.9 Å². The van der Waals surface area contributed by atoms with Crippen molar-refractivity contribution in [2.75, 3.05) is 10.6 Å². The third-order valence-corrected chi connectivity index (χ3v) is 3.20. The summed E-state index contributed by atoms with van der Waals surface area (Å²) in [5, 5.41) is 5.29. The van der Waals surface area contributed by atoms with Crippen LogP contribution < -0.4 is 10.6 Å². The molecule has 2 aromatic carbocycles. The Bertz CT molecular complexity index is 879. The highest BCUT2D eigenvalue weighted by Gasteiger charge is 2.19. The number of rotatable bonds is 4. The monoisotopic (exact) mass is 344 g/mol. The number of nitrogens with one attached hydrogen (secondary N) is 2. The Hall–Kier alpha value is -3.42. The van der Waals surface area contributed by atoms with E-state index in [0.29, 0.717) is 29.5 Å². The van der Waals surface area contributed by atoms with Crippen LogP contribution in [0.15, 0.2) is 54.9 Å². The van der Waals surface area contributed by atoms with Gasteiger partial charge in [-0.3, -0.25) is 4.79 Å². The van der Waals surface area contributed by atoms with Gasteiger partial charge in [-0.1, -0.05) is 0 Å². The summed E-state index contributed by atoms with van der Waals surface area (Å²) >= 11 is 0. The van der Waals surface area contributed by atoms with Crippen molar-refractivity contribution in [2.45, 2.75) is 0 Å². The second-order valence-corrected chi connectivity index (χ2v) is 4.97. The van der Waals surface area contributed by atoms with Crippen molar-refractivity contribution in [3.63, 3.8) is 0 Å². The summed E-state index contributed by atoms with van der Waals surface area (Å²) in [4.78, 5) is 20.0. The van der Waals surface area contributed by atoms with Crippen LogP contribution >= 0.6 is 0 Å². The van der Waals surface area contributed by atoms with Gasteiger partial charge in [0, 0.05) is 35.9 Å². The van der Waals surface area contributed by atoms with E-state index >= 15 is 0 Å². The van der Waals surface area contributed by atoms with Crippen LogP contribution in [0.1, 0.15) is 10.4 Å². The first-order chi connectivity index (χ1) is 12.0. The van der Waals surface area contributed by atoms with E-state index < -0.39 is 28.9 Å². The van der Waals surface area contributed by atoms with E-state index in [-0.39, 0.29) is 0 Å². The number of halogens is 3. The van der Waals surface area contributed by atoms with Crippen LogP contribution in [0.4, 0.5) is 30.5 Å². The fourth-order valence-electron chi connectivity index (χ4n) is 2.08. The molecule has 0 spiro atoms. The molecule has 3 rings (SSSR count). The minimum absolute atomic E-state index is 0.313. The molecule has 0 aliphatic carbocycles. The lowest BCUT2D eigenvalue weighted by atomic mass is 10.1. The van der Waals surface area contributed by atoms with Crippen LogP contribution in [0, 0.1) is 17.5 Å². The molecule has 1 aromatic heterocycles. The van der Waals surface area contributed by atoms with E-state index in [0.717, 1.165) is 0 Å². The van der Waals surface area contributed by atoms with Crippen molar-refractivity contribution in [3.05, 3.63) is 77.9 Å². The Balaban J connectivity index is 1.72. The van der Waals surface area contributed by atoms with Crippen molar-refractivity contribution in [3.8, 4) is 0 Å². The van der Waals surface area contributed by atoms with Crippen LogP contribution in [-0.4, -0.2) is 15.9 Å². The summed E-state index contributed by atoms with van der Waals surface area (Å²) in [6, 6.07) is 8.89. The lowest BCUT2D eigenvalue weighted by Crippen LogP contribution is -2.16. The van der Waals surface area contributed by atoms with Crippen LogP contribution in [0.5, 0.6) is 0 Å². The molecule has 1 heterocycles. The normalized spacial score (nSPS) is 10.4. The van der Waals surface area contributed by atoms with Crippen molar-refractivity contribution in [1.29, 1.82) is 0 Å². The zero-order valence-corrected chi connectivity index (χ0v) is 12.6. The molecule has 2 N–H and O–H groups in total. The van der Waals surface area contributed by atoms with Crippen LogP contribution in [0.2, 0.25) is 0 Å². The molecule has 1 amide bonds. The van der Waals surface area contributed by atoms with Crippen molar-refractivity contribution >= 4 is 23.2 Å². The fourth-order valence-corrected chi connectivity index (χ4v) is 2.08. The van der Waals surface area contributed by atoms with Gasteiger partial charge in [0.25, 0.3) is 5.91 Å². The second-order valence-electron chi connectivity index (χ2n) is 4.97. The Morgan fingerprint density at radius 3 is 2.04 bits per heavy atom. The Kier molecular flexibility index (Phi) is 4.60. The summed E-state index contributed by atoms with van der Waals surface area (Å²) in [7, 11) is 0. The maximum atomic E-state index is 13.6. The molecule has 3 aromatic rings. The van der Waals surface area contributed by atoms with Crippen LogP contribution in [0.3, 0.4) is 0 Å². The van der Waals surface area contributed by atoms with Gasteiger partial charge in [-0.2, -0.15) is 0 Å². The molecule has 0 radical (unpaired) electrons. The summed E-state index contributed by atoms with van der Waals surface area (Å²) in [6.45, 7) is 0. The fraction of sp³-hybridized carbons (Fsp3) is 0. The predicted molar refractivity (Wildman–Crippen MR) is 86.0 cm³/mol. The molecular formula is C17H11F3N4O. The number of anilines is 3. The predicted octanol–water partition coefficient (Wildman–Crippen LogP) is 3.89. The van der Waals surface area contributed by atoms with E-state index in [1.165, 1.54) is 12.1 Å². The van der Waals surface area contributed by atoms with E-state index in [9.17, 15) is 18.0 Å². The largest absolute Gasteiger partial charge is 0.324 e. The maximum Gasteiger partial charge on any atom is 0.261 e. The molecule has 8 heteroatoms. The first-order valence-electron chi connectivity index (χ1n) is 7.13. The van der Waals surface area contributed by atoms with E-state index in [4.69, 9.17) is 0 Å². The molecule has 0 atom stereocenters. The number of carbonyl (C=O) groups is 1. The van der Waals surface area contributed by atoms with Gasteiger partial charge in [0.1, 0.15) is 23.0 Å². The Morgan fingerprint density at radius 2 is 1.44 bits per heavy atom. The highest BCUT2D eigenvalue weighted by atomic mass is 19.1. The summed E-state index contributed by atoms with van der Waals surface area (Å²) in [5.41, 5.74) is 0.122. The average molecular weight is 344 g/mol. The van der Waals surface area contributed by atoms with Gasteiger partial charge in [0.15, 0.2) is 0 Å². The molecule has 0 saturated carbocycles. The van der Waals surface area contributed by atoms with E-state index in [1.807, 2.05) is 0 Å². The maximum absolute atomic E-state index is 13.6. The highest BCUT2D eigenvalue weighted by molar-refractivity contribution is 6.04. The van der Waals surface area contributed by atoms with Crippen molar-refractivity contribution in [1.82, 2.24) is 9.97 Å². The number of nitrogens with zero attached hydrogens (tertiary/aromatic N) is 2. The molecular weight excluding hydrogens is 333 g/mol. The summed E-state index contributed by atoms with van der Waals surface area (Å²) < 4.78 is 40.1. The van der Waals surface area contributed by atoms with Crippen molar-refractivity contribution in [2.24, 2.45) is 0 Å². The summed E-state index contributed by atoms with van der Waals surface area (Å²) in [5.74, 6) is -4.24. The van der Waals surface area contributed by atoms with Crippen LogP contribution in [0.25, 0.3) is 0 Å². The van der Waals surface area contributed by atoms with Gasteiger partial charge < -0.3 is 10.6 Å². The number of carbonyl (C=O) groups excluding carboxylic acids is 1. The zero-order valence-electron chi connectivity index (χ0n) is 12.6. The Morgan fingerprint density at radius 1 is 0.880 bits per heavy atom. The number of hydrogen-bond donors (Lipinski definition) is 2. The molecule has 0 aliphatic rings. The molecule has 0 fully saturated rings. The van der Waals surface area contributed by atoms with E-state index in [1.54, 1.807) is 30.6 Å². The SMILES string of the molecule is O=C(Nc1ccc(Nc2ncccn2)cc1)c1c(F)cc(F)cc1F. The van der Waals surface area contributed by atoms with Gasteiger partial charge in [0.2, 0.25) is 5.95 Å². The number of hydrogen-bond acceptors (Lipinski definition) is 4. The molecule has 0 unspecified atom stereocenters. The number of benzene rings is 2. The smallest absolute Gasteiger partial charge is 0.261 e. The van der Waals surface area contributed by atoms with Gasteiger partial charge >= 0.3 is 0 Å². The number of amides is 1. The quantitative estimate of drug-likeness (QED) is 0.753. The van der Waals surface area contributed by atoms with Gasteiger partial charge in [-0.15, -0.1) is 0 Å². The molecule has 126 valence electrons. The Labute approximate surface area is 140 Å². The molecule has 0 bridgehead atoms. The minimum atomic E-state index is -1.27. The lowest BCUT2D eigenvalue weighted by Gasteiger charge is -2.09. The molecule has 25 heavy (non-hydrogen) atoms. The van der Waals surface area contributed by atoms with Gasteiger partial charge in [-0.05, 0) is 30.3 Å². The lowest BCUT2D eigenvalue weighted by molar-refractivity contribution is 0.101. The zero-order chi connectivity index (χ0) is 17.8. The second kappa shape index (κ2) is 7.00.